The fraction of sp³-hybridized carbons (Fsp3) is 0.316. The minimum atomic E-state index is -3.52. The average molecular weight is 391 g/mol. The lowest BCUT2D eigenvalue weighted by Crippen LogP contribution is -2.35. The van der Waals surface area contributed by atoms with E-state index in [4.69, 9.17) is 0 Å². The summed E-state index contributed by atoms with van der Waals surface area (Å²) in [7, 11) is -3.52. The summed E-state index contributed by atoms with van der Waals surface area (Å²) in [6.07, 6.45) is 2.80. The molecule has 144 valence electrons. The SMILES string of the molecule is O=C(CNc1cccc(S(=O)(=O)N2CCCCC2)c1)Nc1ccc(F)cc1. The maximum atomic E-state index is 12.9. The van der Waals surface area contributed by atoms with Crippen LogP contribution < -0.4 is 10.6 Å². The molecule has 1 heterocycles. The van der Waals surface area contributed by atoms with Gasteiger partial charge < -0.3 is 10.6 Å². The van der Waals surface area contributed by atoms with Gasteiger partial charge in [0, 0.05) is 24.5 Å². The highest BCUT2D eigenvalue weighted by molar-refractivity contribution is 7.89. The molecule has 1 amide bonds. The highest BCUT2D eigenvalue weighted by Crippen LogP contribution is 2.22. The van der Waals surface area contributed by atoms with E-state index in [1.165, 1.54) is 34.6 Å². The topological polar surface area (TPSA) is 78.5 Å². The molecule has 0 radical (unpaired) electrons. The minimum Gasteiger partial charge on any atom is -0.376 e. The molecule has 1 aliphatic heterocycles. The Labute approximate surface area is 158 Å². The molecule has 2 aromatic carbocycles. The molecule has 0 aliphatic carbocycles. The molecule has 0 spiro atoms. The van der Waals surface area contributed by atoms with Crippen molar-refractivity contribution in [1.82, 2.24) is 4.31 Å². The standard InChI is InChI=1S/C19H22FN3O3S/c20-15-7-9-16(10-8-15)22-19(24)14-21-17-5-4-6-18(13-17)27(25,26)23-11-2-1-3-12-23/h4-10,13,21H,1-3,11-12,14H2,(H,22,24). The van der Waals surface area contributed by atoms with E-state index in [1.54, 1.807) is 18.2 Å². The van der Waals surface area contributed by atoms with E-state index in [1.807, 2.05) is 0 Å². The van der Waals surface area contributed by atoms with Gasteiger partial charge in [-0.05, 0) is 55.3 Å². The van der Waals surface area contributed by atoms with E-state index in [0.717, 1.165) is 19.3 Å². The van der Waals surface area contributed by atoms with Crippen LogP contribution in [0.5, 0.6) is 0 Å². The summed E-state index contributed by atoms with van der Waals surface area (Å²) in [5.41, 5.74) is 1.03. The lowest BCUT2D eigenvalue weighted by atomic mass is 10.2. The van der Waals surface area contributed by atoms with Crippen molar-refractivity contribution in [3.8, 4) is 0 Å². The summed E-state index contributed by atoms with van der Waals surface area (Å²) >= 11 is 0. The summed E-state index contributed by atoms with van der Waals surface area (Å²) in [5, 5.41) is 5.56. The van der Waals surface area contributed by atoms with Gasteiger partial charge in [0.25, 0.3) is 0 Å². The molecular formula is C19H22FN3O3S. The Morgan fingerprint density at radius 1 is 1.00 bits per heavy atom. The van der Waals surface area contributed by atoms with Crippen molar-refractivity contribution in [3.05, 3.63) is 54.3 Å². The Hall–Kier alpha value is -2.45. The van der Waals surface area contributed by atoms with E-state index in [-0.39, 0.29) is 23.2 Å². The monoisotopic (exact) mass is 391 g/mol. The van der Waals surface area contributed by atoms with Gasteiger partial charge in [-0.1, -0.05) is 12.5 Å². The number of carbonyl (C=O) groups is 1. The summed E-state index contributed by atoms with van der Waals surface area (Å²) in [4.78, 5) is 12.2. The fourth-order valence-electron chi connectivity index (χ4n) is 2.94. The zero-order chi connectivity index (χ0) is 19.3. The van der Waals surface area contributed by atoms with Crippen LogP contribution in [-0.4, -0.2) is 38.3 Å². The summed E-state index contributed by atoms with van der Waals surface area (Å²) in [5.74, 6) is -0.691. The molecule has 0 unspecified atom stereocenters. The van der Waals surface area contributed by atoms with Crippen LogP contribution in [0, 0.1) is 5.82 Å². The third-order valence-electron chi connectivity index (χ3n) is 4.37. The molecule has 8 heteroatoms. The maximum absolute atomic E-state index is 12.9. The fourth-order valence-corrected chi connectivity index (χ4v) is 4.51. The Balaban J connectivity index is 1.61. The number of carbonyl (C=O) groups excluding carboxylic acids is 1. The predicted octanol–water partition coefficient (Wildman–Crippen LogP) is 3.05. The van der Waals surface area contributed by atoms with Gasteiger partial charge in [0.2, 0.25) is 15.9 Å². The van der Waals surface area contributed by atoms with Crippen molar-refractivity contribution in [2.45, 2.75) is 24.2 Å². The van der Waals surface area contributed by atoms with Gasteiger partial charge in [0.15, 0.2) is 0 Å². The molecule has 0 bridgehead atoms. The van der Waals surface area contributed by atoms with Crippen LogP contribution >= 0.6 is 0 Å². The van der Waals surface area contributed by atoms with Crippen LogP contribution in [-0.2, 0) is 14.8 Å². The van der Waals surface area contributed by atoms with E-state index < -0.39 is 10.0 Å². The molecule has 27 heavy (non-hydrogen) atoms. The molecule has 0 saturated carbocycles. The van der Waals surface area contributed by atoms with Crippen LogP contribution in [0.4, 0.5) is 15.8 Å². The van der Waals surface area contributed by atoms with Crippen LogP contribution in [0.25, 0.3) is 0 Å². The highest BCUT2D eigenvalue weighted by Gasteiger charge is 2.25. The lowest BCUT2D eigenvalue weighted by Gasteiger charge is -2.26. The van der Waals surface area contributed by atoms with Crippen molar-refractivity contribution in [2.75, 3.05) is 30.3 Å². The number of nitrogens with zero attached hydrogens (tertiary/aromatic N) is 1. The number of sulfonamides is 1. The number of benzene rings is 2. The lowest BCUT2D eigenvalue weighted by molar-refractivity contribution is -0.114. The highest BCUT2D eigenvalue weighted by atomic mass is 32.2. The van der Waals surface area contributed by atoms with Gasteiger partial charge in [-0.25, -0.2) is 12.8 Å². The molecule has 1 saturated heterocycles. The van der Waals surface area contributed by atoms with Crippen molar-refractivity contribution in [1.29, 1.82) is 0 Å². The number of anilines is 2. The summed E-state index contributed by atoms with van der Waals surface area (Å²) < 4.78 is 39.9. The molecule has 1 aliphatic rings. The summed E-state index contributed by atoms with van der Waals surface area (Å²) in [6.45, 7) is 1.05. The Morgan fingerprint density at radius 3 is 2.41 bits per heavy atom. The normalized spacial score (nSPS) is 15.3. The minimum absolute atomic E-state index is 0.0371. The number of nitrogens with one attached hydrogen (secondary N) is 2. The van der Waals surface area contributed by atoms with Crippen molar-refractivity contribution < 1.29 is 17.6 Å². The first-order valence-electron chi connectivity index (χ1n) is 8.85. The largest absolute Gasteiger partial charge is 0.376 e. The molecule has 1 fully saturated rings. The Kier molecular flexibility index (Phi) is 6.08. The number of hydrogen-bond acceptors (Lipinski definition) is 4. The van der Waals surface area contributed by atoms with E-state index in [9.17, 15) is 17.6 Å². The third kappa shape index (κ3) is 5.05. The van der Waals surface area contributed by atoms with Crippen molar-refractivity contribution in [3.63, 3.8) is 0 Å². The zero-order valence-corrected chi connectivity index (χ0v) is 15.6. The summed E-state index contributed by atoms with van der Waals surface area (Å²) in [6, 6.07) is 11.9. The second kappa shape index (κ2) is 8.49. The molecular weight excluding hydrogens is 369 g/mol. The zero-order valence-electron chi connectivity index (χ0n) is 14.8. The van der Waals surface area contributed by atoms with Crippen LogP contribution in [0.3, 0.4) is 0 Å². The van der Waals surface area contributed by atoms with Crippen LogP contribution in [0.1, 0.15) is 19.3 Å². The predicted molar refractivity (Wildman–Crippen MR) is 103 cm³/mol. The number of amides is 1. The second-order valence-corrected chi connectivity index (χ2v) is 8.34. The maximum Gasteiger partial charge on any atom is 0.243 e. The van der Waals surface area contributed by atoms with Gasteiger partial charge in [-0.15, -0.1) is 0 Å². The van der Waals surface area contributed by atoms with E-state index in [0.29, 0.717) is 24.5 Å². The second-order valence-electron chi connectivity index (χ2n) is 6.40. The Bertz CT molecular complexity index is 895. The molecule has 0 aromatic heterocycles. The molecule has 3 rings (SSSR count). The first-order chi connectivity index (χ1) is 12.9. The average Bonchev–Trinajstić information content (AvgIpc) is 2.69. The first-order valence-corrected chi connectivity index (χ1v) is 10.3. The number of piperidine rings is 1. The molecule has 6 nitrogen and oxygen atoms in total. The third-order valence-corrected chi connectivity index (χ3v) is 6.26. The number of rotatable bonds is 6. The van der Waals surface area contributed by atoms with Crippen molar-refractivity contribution in [2.24, 2.45) is 0 Å². The van der Waals surface area contributed by atoms with Crippen LogP contribution in [0.2, 0.25) is 0 Å². The van der Waals surface area contributed by atoms with Crippen LogP contribution in [0.15, 0.2) is 53.4 Å². The van der Waals surface area contributed by atoms with Crippen molar-refractivity contribution >= 4 is 27.3 Å². The number of hydrogen-bond donors (Lipinski definition) is 2. The van der Waals surface area contributed by atoms with Gasteiger partial charge in [-0.2, -0.15) is 4.31 Å². The van der Waals surface area contributed by atoms with E-state index in [2.05, 4.69) is 10.6 Å². The van der Waals surface area contributed by atoms with Gasteiger partial charge >= 0.3 is 0 Å². The Morgan fingerprint density at radius 2 is 1.70 bits per heavy atom. The molecule has 2 aromatic rings. The first kappa shape index (κ1) is 19.3. The van der Waals surface area contributed by atoms with Gasteiger partial charge in [0.05, 0.1) is 11.4 Å². The molecule has 0 atom stereocenters. The number of halogens is 1. The van der Waals surface area contributed by atoms with Gasteiger partial charge in [-0.3, -0.25) is 4.79 Å². The van der Waals surface area contributed by atoms with Gasteiger partial charge in [0.1, 0.15) is 5.82 Å². The quantitative estimate of drug-likeness (QED) is 0.793. The van der Waals surface area contributed by atoms with E-state index >= 15 is 0 Å². The smallest absolute Gasteiger partial charge is 0.243 e. The molecule has 2 N–H and O–H groups in total.